The average Bonchev–Trinajstić information content (AvgIpc) is 3.12. The van der Waals surface area contributed by atoms with Gasteiger partial charge >= 0.3 is 0 Å². The molecule has 0 atom stereocenters. The maximum Gasteiger partial charge on any atom is 0.173 e. The summed E-state index contributed by atoms with van der Waals surface area (Å²) in [4.78, 5) is 8.76. The lowest BCUT2D eigenvalue weighted by molar-refractivity contribution is 0.305. The summed E-state index contributed by atoms with van der Waals surface area (Å²) in [5.74, 6) is 0.761. The van der Waals surface area contributed by atoms with Crippen LogP contribution in [0.1, 0.15) is 11.3 Å². The molecule has 108 valence electrons. The third-order valence-corrected chi connectivity index (χ3v) is 3.61. The lowest BCUT2D eigenvalue weighted by atomic mass is 10.2. The van der Waals surface area contributed by atoms with Gasteiger partial charge in [0, 0.05) is 18.9 Å². The second kappa shape index (κ2) is 5.07. The van der Waals surface area contributed by atoms with E-state index in [4.69, 9.17) is 9.61 Å². The summed E-state index contributed by atoms with van der Waals surface area (Å²) in [5.41, 5.74) is 4.52. The van der Waals surface area contributed by atoms with E-state index in [1.807, 2.05) is 37.3 Å². The van der Waals surface area contributed by atoms with Crippen molar-refractivity contribution in [2.45, 2.75) is 13.5 Å². The molecule has 0 radical (unpaired) electrons. The van der Waals surface area contributed by atoms with E-state index in [1.54, 1.807) is 12.4 Å². The van der Waals surface area contributed by atoms with Crippen LogP contribution in [0.3, 0.4) is 0 Å². The Labute approximate surface area is 126 Å². The predicted molar refractivity (Wildman–Crippen MR) is 81.1 cm³/mol. The Hall–Kier alpha value is -3.02. The van der Waals surface area contributed by atoms with E-state index in [9.17, 15) is 0 Å². The Bertz CT molecular complexity index is 926. The van der Waals surface area contributed by atoms with Gasteiger partial charge in [0.05, 0.1) is 11.0 Å². The van der Waals surface area contributed by atoms with Crippen molar-refractivity contribution < 1.29 is 4.63 Å². The number of aromatic nitrogens is 5. The number of aryl methyl sites for hydroxylation is 1. The molecule has 3 aromatic heterocycles. The van der Waals surface area contributed by atoms with Crippen LogP contribution in [-0.2, 0) is 6.54 Å². The number of imidazole rings is 1. The number of fused-ring (bicyclic) bond motifs is 1. The zero-order valence-electron chi connectivity index (χ0n) is 12.0. The first-order valence-electron chi connectivity index (χ1n) is 6.96. The number of hydrogen-bond donors (Lipinski definition) is 0. The Morgan fingerprint density at radius 1 is 1.05 bits per heavy atom. The molecule has 0 fully saturated rings. The maximum absolute atomic E-state index is 4.84. The van der Waals surface area contributed by atoms with Crippen LogP contribution in [0.25, 0.3) is 22.6 Å². The van der Waals surface area contributed by atoms with Gasteiger partial charge in [-0.3, -0.25) is 4.98 Å². The van der Waals surface area contributed by atoms with Crippen LogP contribution in [0.2, 0.25) is 0 Å². The molecule has 4 rings (SSSR count). The molecule has 22 heavy (non-hydrogen) atoms. The van der Waals surface area contributed by atoms with E-state index in [1.165, 1.54) is 0 Å². The van der Waals surface area contributed by atoms with Gasteiger partial charge in [-0.25, -0.2) is 9.61 Å². The van der Waals surface area contributed by atoms with Crippen molar-refractivity contribution in [2.24, 2.45) is 0 Å². The molecule has 0 spiro atoms. The van der Waals surface area contributed by atoms with Crippen LogP contribution < -0.4 is 0 Å². The quantitative estimate of drug-likeness (QED) is 0.580. The molecule has 0 saturated carbocycles. The van der Waals surface area contributed by atoms with Crippen molar-refractivity contribution in [1.29, 1.82) is 0 Å². The lowest BCUT2D eigenvalue weighted by Gasteiger charge is -2.07. The molecule has 0 aliphatic heterocycles. The van der Waals surface area contributed by atoms with Gasteiger partial charge in [-0.2, -0.15) is 0 Å². The van der Waals surface area contributed by atoms with Crippen LogP contribution in [0.4, 0.5) is 0 Å². The van der Waals surface area contributed by atoms with Gasteiger partial charge in [-0.1, -0.05) is 17.3 Å². The van der Waals surface area contributed by atoms with Crippen LogP contribution in [0.15, 0.2) is 53.4 Å². The largest absolute Gasteiger partial charge is 0.318 e. The molecule has 0 saturated heterocycles. The first-order chi connectivity index (χ1) is 10.8. The summed E-state index contributed by atoms with van der Waals surface area (Å²) < 4.78 is 6.96. The van der Waals surface area contributed by atoms with Crippen LogP contribution in [0.5, 0.6) is 0 Å². The van der Waals surface area contributed by atoms with E-state index in [2.05, 4.69) is 25.9 Å². The van der Waals surface area contributed by atoms with Gasteiger partial charge < -0.3 is 4.57 Å². The maximum atomic E-state index is 4.84. The molecule has 0 bridgehead atoms. The highest BCUT2D eigenvalue weighted by Crippen LogP contribution is 2.26. The monoisotopic (exact) mass is 291 g/mol. The summed E-state index contributed by atoms with van der Waals surface area (Å²) >= 11 is 0. The van der Waals surface area contributed by atoms with E-state index >= 15 is 0 Å². The molecular weight excluding hydrogens is 278 g/mol. The van der Waals surface area contributed by atoms with Crippen LogP contribution >= 0.6 is 0 Å². The molecule has 6 nitrogen and oxygen atoms in total. The minimum Gasteiger partial charge on any atom is -0.318 e. The first kappa shape index (κ1) is 12.7. The number of hydrogen-bond acceptors (Lipinski definition) is 5. The molecule has 3 heterocycles. The molecule has 0 amide bonds. The molecule has 0 N–H and O–H groups in total. The van der Waals surface area contributed by atoms with Gasteiger partial charge in [-0.15, -0.1) is 0 Å². The molecule has 1 aromatic carbocycles. The predicted octanol–water partition coefficient (Wildman–Crippen LogP) is 2.84. The van der Waals surface area contributed by atoms with Crippen molar-refractivity contribution in [3.8, 4) is 11.5 Å². The Morgan fingerprint density at radius 2 is 1.86 bits per heavy atom. The molecule has 4 aromatic rings. The molecular formula is C16H13N5O. The molecule has 0 aliphatic rings. The van der Waals surface area contributed by atoms with Crippen LogP contribution in [0, 0.1) is 6.92 Å². The molecule has 0 aliphatic carbocycles. The minimum atomic E-state index is 0.672. The standard InChI is InChI=1S/C16H13N5O/c1-11-15(20-22-19-11)16-18-13-4-2-3-5-14(13)21(16)10-12-6-8-17-9-7-12/h2-9H,10H2,1H3. The van der Waals surface area contributed by atoms with Crippen molar-refractivity contribution in [3.63, 3.8) is 0 Å². The summed E-state index contributed by atoms with van der Waals surface area (Å²) in [6, 6.07) is 12.0. The van der Waals surface area contributed by atoms with E-state index in [-0.39, 0.29) is 0 Å². The first-order valence-corrected chi connectivity index (χ1v) is 6.96. The van der Waals surface area contributed by atoms with Crippen molar-refractivity contribution in [3.05, 3.63) is 60.0 Å². The van der Waals surface area contributed by atoms with Gasteiger partial charge in [0.2, 0.25) is 0 Å². The number of para-hydroxylation sites is 2. The van der Waals surface area contributed by atoms with Crippen LogP contribution in [-0.4, -0.2) is 24.8 Å². The van der Waals surface area contributed by atoms with E-state index < -0.39 is 0 Å². The zero-order valence-corrected chi connectivity index (χ0v) is 12.0. The normalized spacial score (nSPS) is 11.1. The number of pyridine rings is 1. The second-order valence-corrected chi connectivity index (χ2v) is 5.06. The summed E-state index contributed by atoms with van der Waals surface area (Å²) in [6.07, 6.45) is 3.58. The van der Waals surface area contributed by atoms with Crippen molar-refractivity contribution >= 4 is 11.0 Å². The Kier molecular flexibility index (Phi) is 2.93. The number of rotatable bonds is 3. The van der Waals surface area contributed by atoms with Gasteiger partial charge in [0.15, 0.2) is 11.5 Å². The zero-order chi connectivity index (χ0) is 14.9. The third kappa shape index (κ3) is 2.05. The highest BCUT2D eigenvalue weighted by atomic mass is 16.6. The summed E-state index contributed by atoms with van der Waals surface area (Å²) in [6.45, 7) is 2.55. The second-order valence-electron chi connectivity index (χ2n) is 5.06. The Morgan fingerprint density at radius 3 is 2.64 bits per heavy atom. The average molecular weight is 291 g/mol. The third-order valence-electron chi connectivity index (χ3n) is 3.61. The highest BCUT2D eigenvalue weighted by molar-refractivity contribution is 5.80. The fourth-order valence-electron chi connectivity index (χ4n) is 2.52. The molecule has 6 heteroatoms. The van der Waals surface area contributed by atoms with E-state index in [0.717, 1.165) is 28.1 Å². The molecule has 0 unspecified atom stereocenters. The number of nitrogens with zero attached hydrogens (tertiary/aromatic N) is 5. The van der Waals surface area contributed by atoms with Crippen molar-refractivity contribution in [1.82, 2.24) is 24.8 Å². The topological polar surface area (TPSA) is 69.6 Å². The summed E-state index contributed by atoms with van der Waals surface area (Å²) in [5, 5.41) is 7.86. The number of benzene rings is 1. The fraction of sp³-hybridized carbons (Fsp3) is 0.125. The van der Waals surface area contributed by atoms with Gasteiger partial charge in [-0.05, 0) is 41.9 Å². The fourth-order valence-corrected chi connectivity index (χ4v) is 2.52. The van der Waals surface area contributed by atoms with E-state index in [0.29, 0.717) is 12.2 Å². The SMILES string of the molecule is Cc1nonc1-c1nc2ccccc2n1Cc1ccncc1. The highest BCUT2D eigenvalue weighted by Gasteiger charge is 2.18. The van der Waals surface area contributed by atoms with Gasteiger partial charge in [0.1, 0.15) is 5.69 Å². The Balaban J connectivity index is 1.93. The van der Waals surface area contributed by atoms with Gasteiger partial charge in [0.25, 0.3) is 0 Å². The summed E-state index contributed by atoms with van der Waals surface area (Å²) in [7, 11) is 0. The lowest BCUT2D eigenvalue weighted by Crippen LogP contribution is -2.03. The minimum absolute atomic E-state index is 0.672. The van der Waals surface area contributed by atoms with Crippen molar-refractivity contribution in [2.75, 3.05) is 0 Å². The smallest absolute Gasteiger partial charge is 0.173 e.